The third kappa shape index (κ3) is 5.16. The number of carbonyl (C=O) groups is 1. The highest BCUT2D eigenvalue weighted by atomic mass is 16.5. The highest BCUT2D eigenvalue weighted by Gasteiger charge is 2.45. The molecule has 0 saturated heterocycles. The van der Waals surface area contributed by atoms with Crippen molar-refractivity contribution >= 4 is 40.6 Å². The topological polar surface area (TPSA) is 41.6 Å². The molecule has 46 heavy (non-hydrogen) atoms. The lowest BCUT2D eigenvalue weighted by Gasteiger charge is -2.40. The van der Waals surface area contributed by atoms with E-state index < -0.39 is 5.41 Å². The van der Waals surface area contributed by atoms with Gasteiger partial charge < -0.3 is 14.8 Å². The molecule has 232 valence electrons. The Labute approximate surface area is 273 Å². The maximum atomic E-state index is 13.3. The Hall–Kier alpha value is -4.51. The van der Waals surface area contributed by atoms with Crippen LogP contribution in [0.3, 0.4) is 0 Å². The van der Waals surface area contributed by atoms with Crippen molar-refractivity contribution in [3.05, 3.63) is 125 Å². The zero-order valence-corrected chi connectivity index (χ0v) is 27.5. The second-order valence-corrected chi connectivity index (χ2v) is 13.4. The number of anilines is 2. The molecule has 1 aliphatic heterocycles. The molecule has 1 aliphatic carbocycles. The van der Waals surface area contributed by atoms with Gasteiger partial charge in [-0.3, -0.25) is 4.79 Å². The van der Waals surface area contributed by atoms with Gasteiger partial charge in [0.15, 0.2) is 0 Å². The van der Waals surface area contributed by atoms with Gasteiger partial charge in [0, 0.05) is 23.3 Å². The number of methoxy groups -OCH3 is 1. The molecule has 5 aromatic carbocycles. The Bertz CT molecular complexity index is 1900. The zero-order chi connectivity index (χ0) is 31.8. The normalized spacial score (nSPS) is 16.8. The van der Waals surface area contributed by atoms with Gasteiger partial charge in [-0.25, -0.2) is 0 Å². The molecule has 1 heterocycles. The predicted molar refractivity (Wildman–Crippen MR) is 193 cm³/mol. The maximum absolute atomic E-state index is 13.3. The molecule has 0 fully saturated rings. The van der Waals surface area contributed by atoms with Gasteiger partial charge in [0.05, 0.1) is 12.5 Å². The molecule has 5 heteroatoms. The summed E-state index contributed by atoms with van der Waals surface area (Å²) < 4.78 is 5.41. The molecule has 4 nitrogen and oxygen atoms in total. The van der Waals surface area contributed by atoms with E-state index in [0.29, 0.717) is 12.8 Å². The summed E-state index contributed by atoms with van der Waals surface area (Å²) in [5.41, 5.74) is 12.3. The van der Waals surface area contributed by atoms with Crippen LogP contribution in [0.15, 0.2) is 97.1 Å². The number of ether oxygens (including phenoxy) is 1. The van der Waals surface area contributed by atoms with E-state index in [2.05, 4.69) is 128 Å². The largest absolute Gasteiger partial charge is 0.469 e. The van der Waals surface area contributed by atoms with E-state index in [1.54, 1.807) is 0 Å². The van der Waals surface area contributed by atoms with Gasteiger partial charge in [-0.2, -0.15) is 0 Å². The maximum Gasteiger partial charge on any atom is 0.409 e. The van der Waals surface area contributed by atoms with Crippen LogP contribution in [0, 0.1) is 12.3 Å². The lowest BCUT2D eigenvalue weighted by molar-refractivity contribution is -0.151. The monoisotopic (exact) mass is 606 g/mol. The number of benzene rings is 5. The van der Waals surface area contributed by atoms with Crippen molar-refractivity contribution in [1.82, 2.24) is 0 Å². The van der Waals surface area contributed by atoms with E-state index >= 15 is 0 Å². The van der Waals surface area contributed by atoms with Crippen LogP contribution >= 0.6 is 0 Å². The summed E-state index contributed by atoms with van der Waals surface area (Å²) in [7, 11) is 1.52. The summed E-state index contributed by atoms with van der Waals surface area (Å²) in [6, 6.07) is 35.0. The Morgan fingerprint density at radius 2 is 1.59 bits per heavy atom. The molecule has 0 aromatic heterocycles. The second-order valence-electron chi connectivity index (χ2n) is 13.4. The molecule has 1 unspecified atom stereocenters. The first kappa shape index (κ1) is 30.2. The Balaban J connectivity index is 1.51. The molecule has 1 N–H and O–H groups in total. The van der Waals surface area contributed by atoms with Crippen LogP contribution in [-0.2, 0) is 35.3 Å². The van der Waals surface area contributed by atoms with Crippen molar-refractivity contribution in [3.8, 4) is 11.1 Å². The van der Waals surface area contributed by atoms with Crippen molar-refractivity contribution in [3.63, 3.8) is 0 Å². The number of nitrogens with zero attached hydrogens (tertiary/aromatic N) is 1. The van der Waals surface area contributed by atoms with Crippen molar-refractivity contribution in [2.24, 2.45) is 5.41 Å². The first-order valence-corrected chi connectivity index (χ1v) is 16.8. The smallest absolute Gasteiger partial charge is 0.409 e. The van der Waals surface area contributed by atoms with Crippen molar-refractivity contribution in [1.29, 1.82) is 0 Å². The van der Waals surface area contributed by atoms with Crippen LogP contribution in [0.4, 0.5) is 11.4 Å². The molecule has 0 bridgehead atoms. The Morgan fingerprint density at radius 3 is 2.30 bits per heavy atom. The number of nitrogens with one attached hydrogen (secondary N) is 1. The molecule has 0 amide bonds. The van der Waals surface area contributed by atoms with Gasteiger partial charge in [-0.15, -0.1) is 0 Å². The molecular weight excluding hydrogens is 563 g/mol. The fraction of sp³-hybridized carbons (Fsp3) is 0.293. The van der Waals surface area contributed by atoms with Gasteiger partial charge in [0.2, 0.25) is 0 Å². The van der Waals surface area contributed by atoms with E-state index in [1.165, 1.54) is 80.1 Å². The highest BCUT2D eigenvalue weighted by molar-refractivity contribution is 6.81. The molecule has 0 saturated carbocycles. The summed E-state index contributed by atoms with van der Waals surface area (Å²) in [5, 5.41) is 6.59. The van der Waals surface area contributed by atoms with Gasteiger partial charge in [-0.05, 0) is 101 Å². The lowest BCUT2D eigenvalue weighted by atomic mass is 9.58. The van der Waals surface area contributed by atoms with E-state index in [-0.39, 0.29) is 13.0 Å². The van der Waals surface area contributed by atoms with E-state index in [0.717, 1.165) is 25.8 Å². The summed E-state index contributed by atoms with van der Waals surface area (Å²) in [4.78, 5) is 15.9. The minimum Gasteiger partial charge on any atom is -0.469 e. The van der Waals surface area contributed by atoms with Crippen molar-refractivity contribution in [2.75, 3.05) is 17.1 Å². The average molecular weight is 607 g/mol. The van der Waals surface area contributed by atoms with E-state index in [1.807, 2.05) is 0 Å². The fourth-order valence-corrected chi connectivity index (χ4v) is 8.12. The SMILES string of the molecule is CCCCCc1c(B2Nc3cccc4cccc(c34)N2Cc2ccccc2)c(C)c2c(c1-c1ccccc1)CC(C)(C(=O)OC)C2. The highest BCUT2D eigenvalue weighted by Crippen LogP contribution is 2.46. The third-order valence-corrected chi connectivity index (χ3v) is 10.3. The summed E-state index contributed by atoms with van der Waals surface area (Å²) in [6.45, 7) is 7.35. The summed E-state index contributed by atoms with van der Waals surface area (Å²) in [5.74, 6) is -0.127. The standard InChI is InChI=1S/C41H43BN2O2/c1-5-6-9-22-32-37(30-18-12-8-13-19-30)34-26-41(3,40(45)46-4)25-33(34)28(2)39(32)42-43-35-23-14-20-31-21-15-24-36(38(31)35)44(42)27-29-16-10-7-11-17-29/h7-8,10-21,23-24,43H,5-6,9,22,25-27H2,1-4H3. The van der Waals surface area contributed by atoms with Crippen LogP contribution in [0.2, 0.25) is 0 Å². The Kier molecular flexibility index (Phi) is 8.10. The number of rotatable bonds is 9. The predicted octanol–water partition coefficient (Wildman–Crippen LogP) is 8.65. The molecule has 5 aromatic rings. The summed E-state index contributed by atoms with van der Waals surface area (Å²) in [6.07, 6.45) is 5.82. The van der Waals surface area contributed by atoms with E-state index in [4.69, 9.17) is 4.74 Å². The van der Waals surface area contributed by atoms with Crippen molar-refractivity contribution in [2.45, 2.75) is 65.8 Å². The van der Waals surface area contributed by atoms with Crippen LogP contribution in [-0.4, -0.2) is 20.1 Å². The second kappa shape index (κ2) is 12.4. The molecule has 7 rings (SSSR count). The number of unbranched alkanes of at least 4 members (excludes halogenated alkanes) is 2. The van der Waals surface area contributed by atoms with Gasteiger partial charge in [0.25, 0.3) is 0 Å². The lowest BCUT2D eigenvalue weighted by Crippen LogP contribution is -2.58. The zero-order valence-electron chi connectivity index (χ0n) is 27.5. The first-order valence-electron chi connectivity index (χ1n) is 16.8. The fourth-order valence-electron chi connectivity index (χ4n) is 8.12. The van der Waals surface area contributed by atoms with E-state index in [9.17, 15) is 4.79 Å². The van der Waals surface area contributed by atoms with Crippen LogP contribution in [0.5, 0.6) is 0 Å². The number of hydrogen-bond donors (Lipinski definition) is 1. The molecule has 2 aliphatic rings. The molecular formula is C41H43BN2O2. The van der Waals surface area contributed by atoms with Gasteiger partial charge >= 0.3 is 13.0 Å². The number of hydrogen-bond acceptors (Lipinski definition) is 4. The van der Waals surface area contributed by atoms with Gasteiger partial charge in [-0.1, -0.05) is 105 Å². The first-order chi connectivity index (χ1) is 22.4. The molecule has 1 atom stereocenters. The quantitative estimate of drug-likeness (QED) is 0.104. The number of fused-ring (bicyclic) bond motifs is 1. The minimum atomic E-state index is -0.591. The van der Waals surface area contributed by atoms with Crippen LogP contribution in [0.1, 0.15) is 60.9 Å². The number of carbonyl (C=O) groups excluding carboxylic acids is 1. The third-order valence-electron chi connectivity index (χ3n) is 10.3. The van der Waals surface area contributed by atoms with Crippen molar-refractivity contribution < 1.29 is 9.53 Å². The van der Waals surface area contributed by atoms with Crippen LogP contribution < -0.4 is 15.5 Å². The van der Waals surface area contributed by atoms with Gasteiger partial charge in [0.1, 0.15) is 0 Å². The average Bonchev–Trinajstić information content (AvgIpc) is 3.45. The minimum absolute atomic E-state index is 0.0879. The van der Waals surface area contributed by atoms with Crippen LogP contribution in [0.25, 0.3) is 21.9 Å². The summed E-state index contributed by atoms with van der Waals surface area (Å²) >= 11 is 0. The Morgan fingerprint density at radius 1 is 0.891 bits per heavy atom. The molecule has 0 radical (unpaired) electrons. The number of esters is 1. The molecule has 0 spiro atoms.